The van der Waals surface area contributed by atoms with Gasteiger partial charge >= 0.3 is 0 Å². The molecule has 2 aliphatic heterocycles. The molecule has 18 heavy (non-hydrogen) atoms. The van der Waals surface area contributed by atoms with Crippen molar-refractivity contribution in [3.05, 3.63) is 17.8 Å². The van der Waals surface area contributed by atoms with Gasteiger partial charge in [-0.1, -0.05) is 0 Å². The fraction of sp³-hybridized carbons (Fsp3) is 0.692. The summed E-state index contributed by atoms with van der Waals surface area (Å²) in [5.74, 6) is 1.54. The molecule has 0 spiro atoms. The van der Waals surface area contributed by atoms with Crippen LogP contribution in [0.1, 0.15) is 24.5 Å². The second-order valence-electron chi connectivity index (χ2n) is 4.94. The van der Waals surface area contributed by atoms with E-state index in [1.54, 1.807) is 0 Å². The summed E-state index contributed by atoms with van der Waals surface area (Å²) in [6.45, 7) is 5.81. The summed E-state index contributed by atoms with van der Waals surface area (Å²) in [6, 6.07) is 4.25. The third kappa shape index (κ3) is 2.62. The predicted molar refractivity (Wildman–Crippen MR) is 69.9 cm³/mol. The van der Waals surface area contributed by atoms with E-state index < -0.39 is 0 Å². The van der Waals surface area contributed by atoms with Gasteiger partial charge in [0.2, 0.25) is 0 Å². The second-order valence-corrected chi connectivity index (χ2v) is 4.94. The maximum atomic E-state index is 5.38. The Morgan fingerprint density at radius 2 is 1.89 bits per heavy atom. The monoisotopic (exact) mass is 248 g/mol. The summed E-state index contributed by atoms with van der Waals surface area (Å²) in [6.07, 6.45) is 2.14. The topological polar surface area (TPSA) is 50.3 Å². The molecule has 3 heterocycles. The van der Waals surface area contributed by atoms with Gasteiger partial charge in [-0.25, -0.2) is 0 Å². The highest BCUT2D eigenvalue weighted by Crippen LogP contribution is 2.25. The summed E-state index contributed by atoms with van der Waals surface area (Å²) in [7, 11) is 0. The van der Waals surface area contributed by atoms with E-state index in [1.165, 1.54) is 0 Å². The van der Waals surface area contributed by atoms with Gasteiger partial charge in [0.05, 0.1) is 5.69 Å². The van der Waals surface area contributed by atoms with Crippen LogP contribution in [0, 0.1) is 0 Å². The highest BCUT2D eigenvalue weighted by molar-refractivity contribution is 5.38. The molecule has 2 aliphatic rings. The lowest BCUT2D eigenvalue weighted by atomic mass is 9.96. The first-order valence-corrected chi connectivity index (χ1v) is 6.80. The Morgan fingerprint density at radius 1 is 1.11 bits per heavy atom. The molecule has 0 radical (unpaired) electrons. The first kappa shape index (κ1) is 11.9. The summed E-state index contributed by atoms with van der Waals surface area (Å²) in [5, 5.41) is 12.1. The number of ether oxygens (including phenoxy) is 1. The van der Waals surface area contributed by atoms with Crippen LogP contribution in [-0.2, 0) is 4.74 Å². The highest BCUT2D eigenvalue weighted by Gasteiger charge is 2.18. The van der Waals surface area contributed by atoms with E-state index in [0.29, 0.717) is 5.92 Å². The fourth-order valence-electron chi connectivity index (χ4n) is 2.61. The number of piperazine rings is 1. The van der Waals surface area contributed by atoms with Crippen LogP contribution in [0.4, 0.5) is 5.82 Å². The number of hydrogen-bond acceptors (Lipinski definition) is 5. The van der Waals surface area contributed by atoms with Gasteiger partial charge in [0.25, 0.3) is 0 Å². The zero-order valence-corrected chi connectivity index (χ0v) is 10.6. The van der Waals surface area contributed by atoms with E-state index in [4.69, 9.17) is 4.74 Å². The molecule has 2 saturated heterocycles. The molecule has 2 fully saturated rings. The van der Waals surface area contributed by atoms with E-state index in [2.05, 4.69) is 32.5 Å². The molecule has 3 rings (SSSR count). The molecular formula is C13H20N4O. The Morgan fingerprint density at radius 3 is 2.56 bits per heavy atom. The maximum Gasteiger partial charge on any atom is 0.151 e. The van der Waals surface area contributed by atoms with Crippen molar-refractivity contribution >= 4 is 5.82 Å². The second kappa shape index (κ2) is 5.63. The smallest absolute Gasteiger partial charge is 0.151 e. The van der Waals surface area contributed by atoms with Crippen LogP contribution >= 0.6 is 0 Å². The molecule has 0 aliphatic carbocycles. The lowest BCUT2D eigenvalue weighted by molar-refractivity contribution is 0.0843. The van der Waals surface area contributed by atoms with Gasteiger partial charge in [-0.15, -0.1) is 5.10 Å². The van der Waals surface area contributed by atoms with Gasteiger partial charge in [-0.2, -0.15) is 5.10 Å². The van der Waals surface area contributed by atoms with E-state index in [1.807, 2.05) is 0 Å². The van der Waals surface area contributed by atoms with E-state index in [9.17, 15) is 0 Å². The average Bonchev–Trinajstić information content (AvgIpc) is 2.49. The average molecular weight is 248 g/mol. The van der Waals surface area contributed by atoms with E-state index in [0.717, 1.165) is 63.7 Å². The van der Waals surface area contributed by atoms with Crippen molar-refractivity contribution < 1.29 is 4.74 Å². The molecular weight excluding hydrogens is 228 g/mol. The minimum absolute atomic E-state index is 0.531. The van der Waals surface area contributed by atoms with Crippen LogP contribution in [0.2, 0.25) is 0 Å². The fourth-order valence-corrected chi connectivity index (χ4v) is 2.61. The largest absolute Gasteiger partial charge is 0.381 e. The standard InChI is InChI=1S/C13H20N4O/c1-2-13(17-7-5-14-6-8-17)16-15-12(1)11-3-9-18-10-4-11/h1-2,11,14H,3-10H2. The normalized spacial score (nSPS) is 22.1. The molecule has 0 saturated carbocycles. The predicted octanol–water partition coefficient (Wildman–Crippen LogP) is 0.780. The number of nitrogens with zero attached hydrogens (tertiary/aromatic N) is 3. The van der Waals surface area contributed by atoms with Crippen LogP contribution in [0.3, 0.4) is 0 Å². The number of hydrogen-bond donors (Lipinski definition) is 1. The summed E-state index contributed by atoms with van der Waals surface area (Å²) in [4.78, 5) is 2.29. The van der Waals surface area contributed by atoms with Crippen LogP contribution in [0.15, 0.2) is 12.1 Å². The highest BCUT2D eigenvalue weighted by atomic mass is 16.5. The Hall–Kier alpha value is -1.20. The van der Waals surface area contributed by atoms with Crippen molar-refractivity contribution in [2.75, 3.05) is 44.3 Å². The minimum atomic E-state index is 0.531. The Labute approximate surface area is 108 Å². The zero-order valence-electron chi connectivity index (χ0n) is 10.6. The van der Waals surface area contributed by atoms with Crippen LogP contribution in [0.25, 0.3) is 0 Å². The number of aromatic nitrogens is 2. The summed E-state index contributed by atoms with van der Waals surface area (Å²) >= 11 is 0. The third-order valence-electron chi connectivity index (χ3n) is 3.75. The zero-order chi connectivity index (χ0) is 12.2. The van der Waals surface area contributed by atoms with Crippen LogP contribution < -0.4 is 10.2 Å². The SMILES string of the molecule is c1cc(N2CCNCC2)nnc1C1CCOCC1. The van der Waals surface area contributed by atoms with Gasteiger partial charge < -0.3 is 15.0 Å². The number of nitrogens with one attached hydrogen (secondary N) is 1. The molecule has 1 aromatic rings. The summed E-state index contributed by atoms with van der Waals surface area (Å²) in [5.41, 5.74) is 1.12. The molecule has 1 aromatic heterocycles. The van der Waals surface area contributed by atoms with Crippen LogP contribution in [0.5, 0.6) is 0 Å². The minimum Gasteiger partial charge on any atom is -0.381 e. The van der Waals surface area contributed by atoms with Crippen LogP contribution in [-0.4, -0.2) is 49.6 Å². The summed E-state index contributed by atoms with van der Waals surface area (Å²) < 4.78 is 5.38. The van der Waals surface area contributed by atoms with E-state index in [-0.39, 0.29) is 0 Å². The Kier molecular flexibility index (Phi) is 3.71. The van der Waals surface area contributed by atoms with Gasteiger partial charge in [0, 0.05) is 45.3 Å². The molecule has 1 N–H and O–H groups in total. The molecule has 5 nitrogen and oxygen atoms in total. The lowest BCUT2D eigenvalue weighted by Crippen LogP contribution is -2.44. The maximum absolute atomic E-state index is 5.38. The molecule has 0 unspecified atom stereocenters. The van der Waals surface area contributed by atoms with E-state index >= 15 is 0 Å². The van der Waals surface area contributed by atoms with Crippen molar-refractivity contribution in [2.24, 2.45) is 0 Å². The Balaban J connectivity index is 1.67. The molecule has 0 amide bonds. The molecule has 5 heteroatoms. The van der Waals surface area contributed by atoms with Gasteiger partial charge in [0.15, 0.2) is 5.82 Å². The van der Waals surface area contributed by atoms with Crippen molar-refractivity contribution in [2.45, 2.75) is 18.8 Å². The Bertz CT molecular complexity index is 332. The molecule has 98 valence electrons. The van der Waals surface area contributed by atoms with Crippen molar-refractivity contribution in [3.63, 3.8) is 0 Å². The molecule has 0 aromatic carbocycles. The van der Waals surface area contributed by atoms with Gasteiger partial charge in [-0.05, 0) is 25.0 Å². The molecule has 0 atom stereocenters. The quantitative estimate of drug-likeness (QED) is 0.838. The van der Waals surface area contributed by atoms with Crippen molar-refractivity contribution in [1.82, 2.24) is 15.5 Å². The first-order chi connectivity index (χ1) is 8.93. The van der Waals surface area contributed by atoms with Crippen molar-refractivity contribution in [1.29, 1.82) is 0 Å². The van der Waals surface area contributed by atoms with Gasteiger partial charge in [-0.3, -0.25) is 0 Å². The number of anilines is 1. The number of rotatable bonds is 2. The van der Waals surface area contributed by atoms with Gasteiger partial charge in [0.1, 0.15) is 0 Å². The van der Waals surface area contributed by atoms with Crippen molar-refractivity contribution in [3.8, 4) is 0 Å². The first-order valence-electron chi connectivity index (χ1n) is 6.80. The lowest BCUT2D eigenvalue weighted by Gasteiger charge is -2.28. The molecule has 0 bridgehead atoms. The third-order valence-corrected chi connectivity index (χ3v) is 3.75.